The zero-order valence-corrected chi connectivity index (χ0v) is 25.4. The van der Waals surface area contributed by atoms with Crippen molar-refractivity contribution in [3.05, 3.63) is 82.4 Å². The molecule has 7 rings (SSSR count). The SMILES string of the molecule is N#Cc1cccc(-c2nccc(N3CCNCC3CC3CCNCC3c3ccc4cnn(C5CCC(=O)NC5=O)c(=O)c4c3)n2)c1. The number of amides is 2. The van der Waals surface area contributed by atoms with Gasteiger partial charge in [-0.3, -0.25) is 19.7 Å². The summed E-state index contributed by atoms with van der Waals surface area (Å²) in [6.07, 6.45) is 5.78. The Hall–Kier alpha value is -4.99. The topological polar surface area (TPSA) is 158 Å². The average molecular weight is 618 g/mol. The highest BCUT2D eigenvalue weighted by Gasteiger charge is 2.34. The fourth-order valence-corrected chi connectivity index (χ4v) is 7.12. The summed E-state index contributed by atoms with van der Waals surface area (Å²) in [5.74, 6) is 1.20. The molecular formula is C34H35N9O3. The lowest BCUT2D eigenvalue weighted by Crippen LogP contribution is -2.53. The molecule has 2 amide bonds. The van der Waals surface area contributed by atoms with Gasteiger partial charge in [-0.25, -0.2) is 14.6 Å². The van der Waals surface area contributed by atoms with E-state index in [1.807, 2.05) is 36.4 Å². The number of nitrogens with zero attached hydrogens (tertiary/aromatic N) is 6. The summed E-state index contributed by atoms with van der Waals surface area (Å²) in [5.41, 5.74) is 2.15. The average Bonchev–Trinajstić information content (AvgIpc) is 3.09. The standard InChI is InChI=1S/C34H35N9O3/c35-17-21-2-1-3-24(14-21)32-38-11-9-30(40-32)42-13-12-37-19-26(42)15-23-8-10-36-20-28(23)22-4-5-25-18-39-43(34(46)27(25)16-22)29-6-7-31(44)41-33(29)45/h1-5,9,11,14,16,18,23,26,28-29,36-37H,6-8,10,12-13,15,19-20H2,(H,41,44,45). The molecule has 0 spiro atoms. The molecule has 4 unspecified atom stereocenters. The first-order valence-electron chi connectivity index (χ1n) is 15.9. The van der Waals surface area contributed by atoms with Gasteiger partial charge in [0.05, 0.1) is 23.2 Å². The first kappa shape index (κ1) is 29.7. The van der Waals surface area contributed by atoms with E-state index in [0.717, 1.165) is 67.9 Å². The van der Waals surface area contributed by atoms with Crippen molar-refractivity contribution in [1.29, 1.82) is 5.26 Å². The van der Waals surface area contributed by atoms with Crippen molar-refractivity contribution in [3.63, 3.8) is 0 Å². The Labute approximate surface area is 265 Å². The number of benzene rings is 2. The van der Waals surface area contributed by atoms with E-state index < -0.39 is 11.9 Å². The van der Waals surface area contributed by atoms with Gasteiger partial charge in [-0.1, -0.05) is 24.3 Å². The van der Waals surface area contributed by atoms with Crippen molar-refractivity contribution in [3.8, 4) is 17.5 Å². The lowest BCUT2D eigenvalue weighted by atomic mass is 9.77. The zero-order chi connectivity index (χ0) is 31.6. The molecule has 3 aliphatic heterocycles. The molecule has 4 aromatic rings. The highest BCUT2D eigenvalue weighted by atomic mass is 16.2. The number of nitrogens with one attached hydrogen (secondary N) is 3. The van der Waals surface area contributed by atoms with Crippen LogP contribution in [0.25, 0.3) is 22.2 Å². The second kappa shape index (κ2) is 12.8. The lowest BCUT2D eigenvalue weighted by Gasteiger charge is -2.42. The Morgan fingerprint density at radius 3 is 2.76 bits per heavy atom. The summed E-state index contributed by atoms with van der Waals surface area (Å²) in [6, 6.07) is 16.9. The number of hydrogen-bond acceptors (Lipinski definition) is 10. The molecule has 12 nitrogen and oxygen atoms in total. The molecule has 3 fully saturated rings. The normalized spacial score (nSPS) is 23.6. The summed E-state index contributed by atoms with van der Waals surface area (Å²) in [4.78, 5) is 49.6. The van der Waals surface area contributed by atoms with Gasteiger partial charge in [-0.2, -0.15) is 10.4 Å². The maximum absolute atomic E-state index is 13.6. The first-order valence-corrected chi connectivity index (χ1v) is 15.9. The number of piperazine rings is 1. The number of carbonyl (C=O) groups excluding carboxylic acids is 2. The third kappa shape index (κ3) is 5.87. The predicted molar refractivity (Wildman–Crippen MR) is 172 cm³/mol. The van der Waals surface area contributed by atoms with Crippen LogP contribution in [0.4, 0.5) is 5.82 Å². The number of imide groups is 1. The molecule has 2 aromatic heterocycles. The Balaban J connectivity index is 1.15. The number of carbonyl (C=O) groups is 2. The number of piperidine rings is 2. The van der Waals surface area contributed by atoms with Gasteiger partial charge >= 0.3 is 0 Å². The van der Waals surface area contributed by atoms with Crippen LogP contribution in [-0.4, -0.2) is 70.3 Å². The molecule has 0 radical (unpaired) electrons. The molecule has 0 aliphatic carbocycles. The minimum absolute atomic E-state index is 0.176. The molecule has 0 bridgehead atoms. The summed E-state index contributed by atoms with van der Waals surface area (Å²) in [7, 11) is 0. The van der Waals surface area contributed by atoms with E-state index in [1.165, 1.54) is 4.68 Å². The number of aromatic nitrogens is 4. The van der Waals surface area contributed by atoms with Crippen LogP contribution < -0.4 is 26.4 Å². The van der Waals surface area contributed by atoms with E-state index in [-0.39, 0.29) is 36.3 Å². The molecule has 3 N–H and O–H groups in total. The molecule has 3 aliphatic rings. The van der Waals surface area contributed by atoms with Crippen LogP contribution in [0, 0.1) is 17.2 Å². The zero-order valence-electron chi connectivity index (χ0n) is 25.4. The molecule has 2 aromatic carbocycles. The maximum Gasteiger partial charge on any atom is 0.275 e. The molecule has 5 heterocycles. The maximum atomic E-state index is 13.6. The monoisotopic (exact) mass is 617 g/mol. The van der Waals surface area contributed by atoms with Gasteiger partial charge in [0.2, 0.25) is 5.91 Å². The molecule has 3 saturated heterocycles. The van der Waals surface area contributed by atoms with Crippen LogP contribution in [0.3, 0.4) is 0 Å². The van der Waals surface area contributed by atoms with Crippen molar-refractivity contribution < 1.29 is 9.59 Å². The first-order chi connectivity index (χ1) is 22.5. The number of anilines is 1. The molecule has 4 atom stereocenters. The fourth-order valence-electron chi connectivity index (χ4n) is 7.12. The predicted octanol–water partition coefficient (Wildman–Crippen LogP) is 2.26. The third-order valence-corrected chi connectivity index (χ3v) is 9.51. The van der Waals surface area contributed by atoms with Crippen molar-refractivity contribution >= 4 is 28.4 Å². The van der Waals surface area contributed by atoms with E-state index in [0.29, 0.717) is 22.7 Å². The van der Waals surface area contributed by atoms with Crippen LogP contribution in [0.2, 0.25) is 0 Å². The van der Waals surface area contributed by atoms with Crippen molar-refractivity contribution in [2.75, 3.05) is 37.6 Å². The Morgan fingerprint density at radius 1 is 1.00 bits per heavy atom. The van der Waals surface area contributed by atoms with Crippen molar-refractivity contribution in [2.45, 2.75) is 43.7 Å². The molecule has 0 saturated carbocycles. The summed E-state index contributed by atoms with van der Waals surface area (Å²) in [6.45, 7) is 4.23. The quantitative estimate of drug-likeness (QED) is 0.274. The molecule has 234 valence electrons. The highest BCUT2D eigenvalue weighted by molar-refractivity contribution is 5.99. The minimum Gasteiger partial charge on any atom is -0.351 e. The van der Waals surface area contributed by atoms with Gasteiger partial charge in [0.15, 0.2) is 5.82 Å². The van der Waals surface area contributed by atoms with Gasteiger partial charge in [-0.15, -0.1) is 0 Å². The van der Waals surface area contributed by atoms with Gasteiger partial charge in [0, 0.05) is 55.8 Å². The van der Waals surface area contributed by atoms with E-state index in [1.54, 1.807) is 18.5 Å². The van der Waals surface area contributed by atoms with E-state index in [4.69, 9.17) is 4.98 Å². The van der Waals surface area contributed by atoms with Crippen LogP contribution in [-0.2, 0) is 9.59 Å². The molecule has 12 heteroatoms. The smallest absolute Gasteiger partial charge is 0.275 e. The van der Waals surface area contributed by atoms with Gasteiger partial charge in [0.25, 0.3) is 11.5 Å². The van der Waals surface area contributed by atoms with E-state index >= 15 is 0 Å². The fraction of sp³-hybridized carbons (Fsp3) is 0.382. The number of fused-ring (bicyclic) bond motifs is 1. The van der Waals surface area contributed by atoms with Crippen LogP contribution in [0.5, 0.6) is 0 Å². The third-order valence-electron chi connectivity index (χ3n) is 9.51. The molecular weight excluding hydrogens is 582 g/mol. The second-order valence-corrected chi connectivity index (χ2v) is 12.3. The summed E-state index contributed by atoms with van der Waals surface area (Å²) >= 11 is 0. The highest BCUT2D eigenvalue weighted by Crippen LogP contribution is 2.36. The van der Waals surface area contributed by atoms with Crippen LogP contribution in [0.15, 0.2) is 65.7 Å². The Bertz CT molecular complexity index is 1900. The Kier molecular flexibility index (Phi) is 8.26. The largest absolute Gasteiger partial charge is 0.351 e. The molecule has 46 heavy (non-hydrogen) atoms. The van der Waals surface area contributed by atoms with Gasteiger partial charge in [0.1, 0.15) is 11.9 Å². The number of hydrogen-bond donors (Lipinski definition) is 3. The lowest BCUT2D eigenvalue weighted by molar-refractivity contribution is -0.136. The minimum atomic E-state index is -0.801. The number of nitriles is 1. The van der Waals surface area contributed by atoms with Crippen molar-refractivity contribution in [2.24, 2.45) is 5.92 Å². The summed E-state index contributed by atoms with van der Waals surface area (Å²) in [5, 5.41) is 24.4. The summed E-state index contributed by atoms with van der Waals surface area (Å²) < 4.78 is 1.22. The van der Waals surface area contributed by atoms with E-state index in [9.17, 15) is 19.6 Å². The van der Waals surface area contributed by atoms with Crippen molar-refractivity contribution in [1.82, 2.24) is 35.7 Å². The van der Waals surface area contributed by atoms with E-state index in [2.05, 4.69) is 43.1 Å². The van der Waals surface area contributed by atoms with Gasteiger partial charge < -0.3 is 15.5 Å². The Morgan fingerprint density at radius 2 is 1.89 bits per heavy atom. The van der Waals surface area contributed by atoms with Gasteiger partial charge in [-0.05, 0) is 67.5 Å². The van der Waals surface area contributed by atoms with Crippen LogP contribution in [0.1, 0.15) is 48.8 Å². The van der Waals surface area contributed by atoms with Crippen LogP contribution >= 0.6 is 0 Å². The second-order valence-electron chi connectivity index (χ2n) is 12.3. The number of rotatable bonds is 6.